The molecule has 1 rings (SSSR count). The molecule has 4 N–H and O–H groups in total. The molecule has 0 aliphatic heterocycles. The summed E-state index contributed by atoms with van der Waals surface area (Å²) in [5.74, 6) is 0.404. The summed E-state index contributed by atoms with van der Waals surface area (Å²) in [4.78, 5) is 0. The van der Waals surface area contributed by atoms with Gasteiger partial charge in [-0.25, -0.2) is 0 Å². The third-order valence-corrected chi connectivity index (χ3v) is 1.94. The maximum Gasteiger partial charge on any atom is 0.119 e. The molecule has 13 heavy (non-hydrogen) atoms. The van der Waals surface area contributed by atoms with Gasteiger partial charge in [-0.3, -0.25) is 0 Å². The highest BCUT2D eigenvalue weighted by molar-refractivity contribution is 5.44. The molecule has 1 aromatic rings. The van der Waals surface area contributed by atoms with Crippen molar-refractivity contribution < 1.29 is 10.2 Å². The number of rotatable bonds is 2. The molecule has 0 heterocycles. The zero-order chi connectivity index (χ0) is 10.0. The topological polar surface area (TPSA) is 66.5 Å². The SMILES string of the molecule is Cc1cc(O)c(C[C@@H](C)N)cc1O. The van der Waals surface area contributed by atoms with Gasteiger partial charge in [-0.1, -0.05) is 0 Å². The van der Waals surface area contributed by atoms with E-state index in [-0.39, 0.29) is 17.5 Å². The summed E-state index contributed by atoms with van der Waals surface area (Å²) in [6, 6.07) is 3.09. The van der Waals surface area contributed by atoms with Crippen molar-refractivity contribution in [2.45, 2.75) is 26.3 Å². The average Bonchev–Trinajstić information content (AvgIpc) is 1.99. The first-order valence-corrected chi connectivity index (χ1v) is 4.27. The van der Waals surface area contributed by atoms with Crippen molar-refractivity contribution in [2.75, 3.05) is 0 Å². The molecule has 72 valence electrons. The third kappa shape index (κ3) is 2.36. The van der Waals surface area contributed by atoms with Gasteiger partial charge in [-0.05, 0) is 43.5 Å². The highest BCUT2D eigenvalue weighted by Crippen LogP contribution is 2.27. The molecule has 0 amide bonds. The second kappa shape index (κ2) is 3.66. The fraction of sp³-hybridized carbons (Fsp3) is 0.400. The van der Waals surface area contributed by atoms with Crippen LogP contribution < -0.4 is 5.73 Å². The fourth-order valence-electron chi connectivity index (χ4n) is 1.23. The van der Waals surface area contributed by atoms with E-state index < -0.39 is 0 Å². The normalized spacial score (nSPS) is 12.8. The molecule has 0 aliphatic rings. The molecule has 0 saturated carbocycles. The van der Waals surface area contributed by atoms with E-state index in [0.29, 0.717) is 17.5 Å². The van der Waals surface area contributed by atoms with E-state index in [1.165, 1.54) is 0 Å². The average molecular weight is 181 g/mol. The molecule has 0 aromatic heterocycles. The van der Waals surface area contributed by atoms with E-state index in [1.54, 1.807) is 19.1 Å². The molecule has 1 aromatic carbocycles. The number of aromatic hydroxyl groups is 2. The van der Waals surface area contributed by atoms with E-state index in [1.807, 2.05) is 6.92 Å². The van der Waals surface area contributed by atoms with E-state index in [0.717, 1.165) is 0 Å². The first kappa shape index (κ1) is 9.86. The lowest BCUT2D eigenvalue weighted by molar-refractivity contribution is 0.449. The molecule has 0 aliphatic carbocycles. The number of phenolic OH excluding ortho intramolecular Hbond substituents is 2. The third-order valence-electron chi connectivity index (χ3n) is 1.94. The predicted octanol–water partition coefficient (Wildman–Crippen LogP) is 1.30. The highest BCUT2D eigenvalue weighted by Gasteiger charge is 2.07. The van der Waals surface area contributed by atoms with Crippen LogP contribution in [0.25, 0.3) is 0 Å². The van der Waals surface area contributed by atoms with Gasteiger partial charge < -0.3 is 15.9 Å². The molecule has 0 radical (unpaired) electrons. The van der Waals surface area contributed by atoms with Crippen LogP contribution in [0.4, 0.5) is 0 Å². The Balaban J connectivity index is 3.01. The molecule has 0 bridgehead atoms. The quantitative estimate of drug-likeness (QED) is 0.602. The number of hydrogen-bond donors (Lipinski definition) is 3. The molecule has 0 saturated heterocycles. The van der Waals surface area contributed by atoms with Crippen LogP contribution in [-0.4, -0.2) is 16.3 Å². The van der Waals surface area contributed by atoms with Gasteiger partial charge >= 0.3 is 0 Å². The van der Waals surface area contributed by atoms with Crippen LogP contribution in [0.15, 0.2) is 12.1 Å². The van der Waals surface area contributed by atoms with Crippen molar-refractivity contribution >= 4 is 0 Å². The van der Waals surface area contributed by atoms with Crippen molar-refractivity contribution in [2.24, 2.45) is 5.73 Å². The molecule has 3 heteroatoms. The zero-order valence-electron chi connectivity index (χ0n) is 7.91. The van der Waals surface area contributed by atoms with Gasteiger partial charge in [0.25, 0.3) is 0 Å². The minimum absolute atomic E-state index is 0.0204. The van der Waals surface area contributed by atoms with E-state index in [4.69, 9.17) is 5.73 Å². The maximum absolute atomic E-state index is 9.50. The number of nitrogens with two attached hydrogens (primary N) is 1. The second-order valence-electron chi connectivity index (χ2n) is 3.45. The van der Waals surface area contributed by atoms with E-state index >= 15 is 0 Å². The monoisotopic (exact) mass is 181 g/mol. The van der Waals surface area contributed by atoms with Crippen molar-refractivity contribution in [3.63, 3.8) is 0 Å². The standard InChI is InChI=1S/C10H15NO2/c1-6-3-10(13)8(4-7(2)11)5-9(6)12/h3,5,7,12-13H,4,11H2,1-2H3/t7-/m1/s1. The van der Waals surface area contributed by atoms with E-state index in [2.05, 4.69) is 0 Å². The summed E-state index contributed by atoms with van der Waals surface area (Å²) in [7, 11) is 0. The van der Waals surface area contributed by atoms with Crippen LogP contribution in [0.3, 0.4) is 0 Å². The first-order chi connectivity index (χ1) is 6.00. The molecule has 0 spiro atoms. The van der Waals surface area contributed by atoms with Crippen LogP contribution in [-0.2, 0) is 6.42 Å². The summed E-state index contributed by atoms with van der Waals surface area (Å²) in [5, 5.41) is 18.9. The van der Waals surface area contributed by atoms with Crippen molar-refractivity contribution in [1.29, 1.82) is 0 Å². The molecule has 0 unspecified atom stereocenters. The van der Waals surface area contributed by atoms with Crippen molar-refractivity contribution in [1.82, 2.24) is 0 Å². The summed E-state index contributed by atoms with van der Waals surface area (Å²) >= 11 is 0. The summed E-state index contributed by atoms with van der Waals surface area (Å²) in [6.45, 7) is 3.60. The van der Waals surface area contributed by atoms with Crippen LogP contribution in [0.5, 0.6) is 11.5 Å². The van der Waals surface area contributed by atoms with Crippen LogP contribution in [0, 0.1) is 6.92 Å². The minimum atomic E-state index is -0.0204. The van der Waals surface area contributed by atoms with Gasteiger partial charge in [0.2, 0.25) is 0 Å². The Morgan fingerprint density at radius 3 is 2.46 bits per heavy atom. The van der Waals surface area contributed by atoms with Gasteiger partial charge in [0.05, 0.1) is 0 Å². The zero-order valence-corrected chi connectivity index (χ0v) is 7.91. The molecular weight excluding hydrogens is 166 g/mol. The smallest absolute Gasteiger partial charge is 0.119 e. The van der Waals surface area contributed by atoms with Crippen molar-refractivity contribution in [3.8, 4) is 11.5 Å². The Hall–Kier alpha value is -1.22. The van der Waals surface area contributed by atoms with Gasteiger partial charge in [0.15, 0.2) is 0 Å². The predicted molar refractivity (Wildman–Crippen MR) is 51.9 cm³/mol. The lowest BCUT2D eigenvalue weighted by Gasteiger charge is -2.09. The molecular formula is C10H15NO2. The summed E-state index contributed by atoms with van der Waals surface area (Å²) < 4.78 is 0. The fourth-order valence-corrected chi connectivity index (χ4v) is 1.23. The van der Waals surface area contributed by atoms with Gasteiger partial charge in [-0.15, -0.1) is 0 Å². The number of phenols is 2. The molecule has 3 nitrogen and oxygen atoms in total. The summed E-state index contributed by atoms with van der Waals surface area (Å²) in [5.41, 5.74) is 6.95. The second-order valence-corrected chi connectivity index (χ2v) is 3.45. The van der Waals surface area contributed by atoms with Gasteiger partial charge in [0.1, 0.15) is 11.5 Å². The Morgan fingerprint density at radius 2 is 1.92 bits per heavy atom. The van der Waals surface area contributed by atoms with Gasteiger partial charge in [-0.2, -0.15) is 0 Å². The molecule has 0 fully saturated rings. The lowest BCUT2D eigenvalue weighted by atomic mass is 10.0. The van der Waals surface area contributed by atoms with Crippen LogP contribution >= 0.6 is 0 Å². The van der Waals surface area contributed by atoms with E-state index in [9.17, 15) is 10.2 Å². The summed E-state index contributed by atoms with van der Waals surface area (Å²) in [6.07, 6.45) is 0.569. The minimum Gasteiger partial charge on any atom is -0.508 e. The largest absolute Gasteiger partial charge is 0.508 e. The Kier molecular flexibility index (Phi) is 2.78. The molecule has 1 atom stereocenters. The van der Waals surface area contributed by atoms with Crippen molar-refractivity contribution in [3.05, 3.63) is 23.3 Å². The van der Waals surface area contributed by atoms with Gasteiger partial charge in [0, 0.05) is 6.04 Å². The maximum atomic E-state index is 9.50. The van der Waals surface area contributed by atoms with Crippen LogP contribution in [0.2, 0.25) is 0 Å². The van der Waals surface area contributed by atoms with Crippen LogP contribution in [0.1, 0.15) is 18.1 Å². The number of aryl methyl sites for hydroxylation is 1. The number of hydrogen-bond acceptors (Lipinski definition) is 3. The number of benzene rings is 1. The lowest BCUT2D eigenvalue weighted by Crippen LogP contribution is -2.17. The first-order valence-electron chi connectivity index (χ1n) is 4.27. The highest BCUT2D eigenvalue weighted by atomic mass is 16.3. The Labute approximate surface area is 77.8 Å². The Morgan fingerprint density at radius 1 is 1.31 bits per heavy atom. The Bertz CT molecular complexity index is 308.